The maximum absolute atomic E-state index is 9.56. The lowest BCUT2D eigenvalue weighted by atomic mass is 9.97. The Hall–Kier alpha value is -0.450. The quantitative estimate of drug-likeness (QED) is 0.897. The van der Waals surface area contributed by atoms with Crippen LogP contribution in [-0.2, 0) is 6.54 Å². The van der Waals surface area contributed by atoms with Crippen LogP contribution in [0, 0.1) is 6.92 Å². The molecule has 0 amide bonds. The summed E-state index contributed by atoms with van der Waals surface area (Å²) in [5, 5.41) is 10.7. The normalized spacial score (nSPS) is 23.8. The van der Waals surface area contributed by atoms with Gasteiger partial charge in [0.05, 0.1) is 11.1 Å². The number of aromatic nitrogens is 1. The van der Waals surface area contributed by atoms with Gasteiger partial charge in [0.1, 0.15) is 0 Å². The fourth-order valence-electron chi connectivity index (χ4n) is 2.61. The van der Waals surface area contributed by atoms with Gasteiger partial charge in [0.25, 0.3) is 0 Å². The highest BCUT2D eigenvalue weighted by Gasteiger charge is 2.23. The number of rotatable bonds is 4. The highest BCUT2D eigenvalue weighted by molar-refractivity contribution is 7.11. The van der Waals surface area contributed by atoms with Gasteiger partial charge in [-0.05, 0) is 39.7 Å². The molecule has 1 aliphatic rings. The molecule has 1 fully saturated rings. The van der Waals surface area contributed by atoms with E-state index in [0.29, 0.717) is 6.04 Å². The summed E-state index contributed by atoms with van der Waals surface area (Å²) >= 11 is 1.79. The summed E-state index contributed by atoms with van der Waals surface area (Å²) in [6, 6.07) is 0.547. The van der Waals surface area contributed by atoms with Gasteiger partial charge in [-0.1, -0.05) is 6.42 Å². The molecule has 1 aliphatic heterocycles. The first-order valence-electron chi connectivity index (χ1n) is 6.48. The van der Waals surface area contributed by atoms with Crippen molar-refractivity contribution in [2.24, 2.45) is 0 Å². The Balaban J connectivity index is 1.96. The van der Waals surface area contributed by atoms with E-state index in [0.717, 1.165) is 24.5 Å². The summed E-state index contributed by atoms with van der Waals surface area (Å²) in [4.78, 5) is 8.17. The zero-order chi connectivity index (χ0) is 12.3. The minimum atomic E-state index is -0.191. The lowest BCUT2D eigenvalue weighted by Crippen LogP contribution is -2.40. The molecule has 0 radical (unpaired) electrons. The van der Waals surface area contributed by atoms with Crippen LogP contribution in [0.4, 0.5) is 0 Å². The molecule has 1 aromatic heterocycles. The third-order valence-corrected chi connectivity index (χ3v) is 4.29. The molecule has 4 heteroatoms. The number of hydrogen-bond acceptors (Lipinski definition) is 4. The van der Waals surface area contributed by atoms with Gasteiger partial charge in [0.2, 0.25) is 0 Å². The second kappa shape index (κ2) is 5.94. The Bertz CT molecular complexity index is 351. The maximum Gasteiger partial charge on any atom is 0.0897 e. The zero-order valence-corrected chi connectivity index (χ0v) is 11.5. The van der Waals surface area contributed by atoms with Gasteiger partial charge in [0.15, 0.2) is 0 Å². The molecule has 0 aromatic carbocycles. The summed E-state index contributed by atoms with van der Waals surface area (Å²) in [5.74, 6) is 0. The second-order valence-corrected chi connectivity index (χ2v) is 6.37. The monoisotopic (exact) mass is 254 g/mol. The Morgan fingerprint density at radius 2 is 2.41 bits per heavy atom. The van der Waals surface area contributed by atoms with E-state index in [4.69, 9.17) is 0 Å². The number of aliphatic hydroxyl groups is 1. The summed E-state index contributed by atoms with van der Waals surface area (Å²) in [6.45, 7) is 6.11. The van der Waals surface area contributed by atoms with E-state index < -0.39 is 0 Å². The largest absolute Gasteiger partial charge is 0.393 e. The first-order valence-corrected chi connectivity index (χ1v) is 7.30. The molecule has 3 nitrogen and oxygen atoms in total. The Labute approximate surface area is 107 Å². The van der Waals surface area contributed by atoms with Crippen LogP contribution in [-0.4, -0.2) is 33.7 Å². The predicted octanol–water partition coefficient (Wildman–Crippen LogP) is 2.58. The van der Waals surface area contributed by atoms with Gasteiger partial charge < -0.3 is 5.11 Å². The van der Waals surface area contributed by atoms with Crippen molar-refractivity contribution in [3.05, 3.63) is 16.1 Å². The van der Waals surface area contributed by atoms with Crippen molar-refractivity contribution in [1.82, 2.24) is 9.88 Å². The smallest absolute Gasteiger partial charge is 0.0897 e. The second-order valence-electron chi connectivity index (χ2n) is 5.05. The van der Waals surface area contributed by atoms with E-state index in [1.807, 2.05) is 13.1 Å². The number of aryl methyl sites for hydroxylation is 1. The fourth-order valence-corrected chi connectivity index (χ4v) is 3.43. The number of aliphatic hydroxyl groups excluding tert-OH is 1. The summed E-state index contributed by atoms with van der Waals surface area (Å²) in [6.07, 6.45) is 6.52. The van der Waals surface area contributed by atoms with Crippen LogP contribution in [0.25, 0.3) is 0 Å². The van der Waals surface area contributed by atoms with Gasteiger partial charge in [-0.2, -0.15) is 0 Å². The molecule has 1 N–H and O–H groups in total. The number of nitrogens with zero attached hydrogens (tertiary/aromatic N) is 2. The van der Waals surface area contributed by atoms with Crippen molar-refractivity contribution >= 4 is 11.3 Å². The molecule has 0 aliphatic carbocycles. The molecule has 1 saturated heterocycles. The van der Waals surface area contributed by atoms with Gasteiger partial charge in [0, 0.05) is 23.7 Å². The van der Waals surface area contributed by atoms with Crippen LogP contribution in [0.15, 0.2) is 6.20 Å². The van der Waals surface area contributed by atoms with Crippen LogP contribution in [0.3, 0.4) is 0 Å². The average Bonchev–Trinajstić information content (AvgIpc) is 2.66. The minimum absolute atomic E-state index is 0.191. The zero-order valence-electron chi connectivity index (χ0n) is 10.7. The van der Waals surface area contributed by atoms with Gasteiger partial charge in [-0.15, -0.1) is 11.3 Å². The van der Waals surface area contributed by atoms with Crippen LogP contribution >= 0.6 is 11.3 Å². The molecule has 2 unspecified atom stereocenters. The molecule has 0 bridgehead atoms. The highest BCUT2D eigenvalue weighted by Crippen LogP contribution is 2.24. The standard InChI is InChI=1S/C13H22N2OS/c1-10(16)7-12-5-3-4-6-15(12)9-13-8-14-11(2)17-13/h8,10,12,16H,3-7,9H2,1-2H3. The molecule has 2 heterocycles. The molecular formula is C13H22N2OS. The minimum Gasteiger partial charge on any atom is -0.393 e. The Morgan fingerprint density at radius 3 is 3.06 bits per heavy atom. The summed E-state index contributed by atoms with van der Waals surface area (Å²) < 4.78 is 0. The molecule has 17 heavy (non-hydrogen) atoms. The summed E-state index contributed by atoms with van der Waals surface area (Å²) in [7, 11) is 0. The van der Waals surface area contributed by atoms with E-state index >= 15 is 0 Å². The van der Waals surface area contributed by atoms with Crippen LogP contribution < -0.4 is 0 Å². The topological polar surface area (TPSA) is 36.4 Å². The molecule has 0 spiro atoms. The number of thiazole rings is 1. The van der Waals surface area contributed by atoms with E-state index in [9.17, 15) is 5.11 Å². The van der Waals surface area contributed by atoms with Crippen molar-refractivity contribution < 1.29 is 5.11 Å². The lowest BCUT2D eigenvalue weighted by molar-refractivity contribution is 0.0824. The Morgan fingerprint density at radius 1 is 1.59 bits per heavy atom. The van der Waals surface area contributed by atoms with Crippen LogP contribution in [0.1, 0.15) is 42.5 Å². The van der Waals surface area contributed by atoms with Crippen molar-refractivity contribution in [1.29, 1.82) is 0 Å². The van der Waals surface area contributed by atoms with Crippen molar-refractivity contribution in [3.63, 3.8) is 0 Å². The average molecular weight is 254 g/mol. The lowest BCUT2D eigenvalue weighted by Gasteiger charge is -2.36. The molecule has 96 valence electrons. The van der Waals surface area contributed by atoms with Crippen LogP contribution in [0.5, 0.6) is 0 Å². The SMILES string of the molecule is Cc1ncc(CN2CCCCC2CC(C)O)s1. The first kappa shape index (κ1) is 13.0. The highest BCUT2D eigenvalue weighted by atomic mass is 32.1. The molecular weight excluding hydrogens is 232 g/mol. The van der Waals surface area contributed by atoms with E-state index in [1.54, 1.807) is 11.3 Å². The van der Waals surface area contributed by atoms with Gasteiger partial charge in [-0.25, -0.2) is 4.98 Å². The van der Waals surface area contributed by atoms with Gasteiger partial charge in [-0.3, -0.25) is 4.90 Å². The number of likely N-dealkylation sites (tertiary alicyclic amines) is 1. The third-order valence-electron chi connectivity index (χ3n) is 3.39. The number of hydrogen-bond donors (Lipinski definition) is 1. The molecule has 2 atom stereocenters. The van der Waals surface area contributed by atoms with Crippen molar-refractivity contribution in [2.75, 3.05) is 6.54 Å². The van der Waals surface area contributed by atoms with Crippen molar-refractivity contribution in [3.8, 4) is 0 Å². The predicted molar refractivity (Wildman–Crippen MR) is 71.2 cm³/mol. The first-order chi connectivity index (χ1) is 8.15. The Kier molecular flexibility index (Phi) is 4.54. The third kappa shape index (κ3) is 3.76. The summed E-state index contributed by atoms with van der Waals surface area (Å²) in [5.41, 5.74) is 0. The number of piperidine rings is 1. The van der Waals surface area contributed by atoms with E-state index in [2.05, 4.69) is 16.8 Å². The molecule has 2 rings (SSSR count). The fraction of sp³-hybridized carbons (Fsp3) is 0.769. The van der Waals surface area contributed by atoms with Crippen LogP contribution in [0.2, 0.25) is 0 Å². The van der Waals surface area contributed by atoms with Gasteiger partial charge >= 0.3 is 0 Å². The van der Waals surface area contributed by atoms with E-state index in [-0.39, 0.29) is 6.10 Å². The van der Waals surface area contributed by atoms with Crippen molar-refractivity contribution in [2.45, 2.75) is 58.2 Å². The van der Waals surface area contributed by atoms with E-state index in [1.165, 1.54) is 24.1 Å². The maximum atomic E-state index is 9.56. The molecule has 0 saturated carbocycles. The molecule has 1 aromatic rings.